The maximum Gasteiger partial charge on any atom is 0.306 e. The van der Waals surface area contributed by atoms with E-state index in [0.29, 0.717) is 5.92 Å². The van der Waals surface area contributed by atoms with Crippen molar-refractivity contribution in [3.63, 3.8) is 0 Å². The highest BCUT2D eigenvalue weighted by Gasteiger charge is 2.15. The van der Waals surface area contributed by atoms with Gasteiger partial charge in [-0.2, -0.15) is 0 Å². The first-order valence-electron chi connectivity index (χ1n) is 6.15. The van der Waals surface area contributed by atoms with E-state index in [4.69, 9.17) is 5.73 Å². The monoisotopic (exact) mass is 280 g/mol. The summed E-state index contributed by atoms with van der Waals surface area (Å²) in [5, 5.41) is 0. The van der Waals surface area contributed by atoms with Gasteiger partial charge in [0.05, 0.1) is 18.8 Å². The van der Waals surface area contributed by atoms with Gasteiger partial charge in [0.15, 0.2) is 0 Å². The fourth-order valence-corrected chi connectivity index (χ4v) is 2.49. The number of hydrogen-bond acceptors (Lipinski definition) is 5. The maximum atomic E-state index is 11.6. The quantitative estimate of drug-likeness (QED) is 0.589. The molecule has 0 spiro atoms. The zero-order valence-electron chi connectivity index (χ0n) is 11.3. The third-order valence-electron chi connectivity index (χ3n) is 2.22. The minimum atomic E-state index is -3.46. The van der Waals surface area contributed by atoms with Gasteiger partial charge >= 0.3 is 5.97 Å². The Balaban J connectivity index is 3.97. The third kappa shape index (κ3) is 9.38. The van der Waals surface area contributed by atoms with Crippen LogP contribution in [0.15, 0.2) is 0 Å². The van der Waals surface area contributed by atoms with Crippen LogP contribution < -0.4 is 10.5 Å². The third-order valence-corrected chi connectivity index (χ3v) is 3.57. The lowest BCUT2D eigenvalue weighted by Gasteiger charge is -2.14. The molecule has 0 saturated heterocycles. The summed E-state index contributed by atoms with van der Waals surface area (Å²) in [5.74, 6) is -0.348. The summed E-state index contributed by atoms with van der Waals surface area (Å²) in [5.41, 5.74) is 5.77. The SMILES string of the molecule is CCOC(=O)CCS(=O)(=O)NCC(N)CC(C)C. The highest BCUT2D eigenvalue weighted by molar-refractivity contribution is 7.89. The average molecular weight is 280 g/mol. The molecule has 1 unspecified atom stereocenters. The van der Waals surface area contributed by atoms with Gasteiger partial charge < -0.3 is 10.5 Å². The van der Waals surface area contributed by atoms with Crippen molar-refractivity contribution in [1.29, 1.82) is 0 Å². The van der Waals surface area contributed by atoms with E-state index >= 15 is 0 Å². The maximum absolute atomic E-state index is 11.6. The predicted molar refractivity (Wildman–Crippen MR) is 70.5 cm³/mol. The van der Waals surface area contributed by atoms with Crippen molar-refractivity contribution in [1.82, 2.24) is 4.72 Å². The lowest BCUT2D eigenvalue weighted by Crippen LogP contribution is -2.39. The molecule has 7 heteroatoms. The average Bonchev–Trinajstić information content (AvgIpc) is 2.24. The standard InChI is InChI=1S/C11H24N2O4S/c1-4-17-11(14)5-6-18(15,16)13-8-10(12)7-9(2)3/h9-10,13H,4-8,12H2,1-3H3. The molecule has 18 heavy (non-hydrogen) atoms. The van der Waals surface area contributed by atoms with Gasteiger partial charge in [-0.3, -0.25) is 4.79 Å². The second kappa shape index (κ2) is 8.44. The molecular formula is C11H24N2O4S. The van der Waals surface area contributed by atoms with Crippen molar-refractivity contribution in [3.05, 3.63) is 0 Å². The number of sulfonamides is 1. The smallest absolute Gasteiger partial charge is 0.306 e. The molecule has 0 bridgehead atoms. The first-order valence-corrected chi connectivity index (χ1v) is 7.80. The normalized spacial score (nSPS) is 13.6. The summed E-state index contributed by atoms with van der Waals surface area (Å²) in [4.78, 5) is 11.0. The minimum Gasteiger partial charge on any atom is -0.466 e. The Kier molecular flexibility index (Phi) is 8.13. The van der Waals surface area contributed by atoms with E-state index in [-0.39, 0.29) is 31.4 Å². The number of ether oxygens (including phenoxy) is 1. The van der Waals surface area contributed by atoms with Gasteiger partial charge in [0, 0.05) is 12.6 Å². The first kappa shape index (κ1) is 17.3. The molecule has 0 rings (SSSR count). The van der Waals surface area contributed by atoms with Gasteiger partial charge in [-0.05, 0) is 19.3 Å². The fourth-order valence-electron chi connectivity index (χ4n) is 1.45. The number of esters is 1. The van der Waals surface area contributed by atoms with Gasteiger partial charge in [0.1, 0.15) is 0 Å². The van der Waals surface area contributed by atoms with Crippen LogP contribution >= 0.6 is 0 Å². The van der Waals surface area contributed by atoms with Crippen LogP contribution in [0.5, 0.6) is 0 Å². The van der Waals surface area contributed by atoms with Crippen LogP contribution in [0.1, 0.15) is 33.6 Å². The van der Waals surface area contributed by atoms with Crippen molar-refractivity contribution >= 4 is 16.0 Å². The zero-order valence-corrected chi connectivity index (χ0v) is 12.1. The Morgan fingerprint density at radius 1 is 1.39 bits per heavy atom. The molecule has 108 valence electrons. The molecule has 0 amide bonds. The van der Waals surface area contributed by atoms with E-state index in [0.717, 1.165) is 6.42 Å². The number of rotatable bonds is 9. The van der Waals surface area contributed by atoms with E-state index in [2.05, 4.69) is 9.46 Å². The summed E-state index contributed by atoms with van der Waals surface area (Å²) in [6.45, 7) is 6.18. The van der Waals surface area contributed by atoms with E-state index in [1.54, 1.807) is 6.92 Å². The molecule has 1 atom stereocenters. The summed E-state index contributed by atoms with van der Waals surface area (Å²) in [6, 6.07) is -0.206. The molecule has 3 N–H and O–H groups in total. The Bertz CT molecular complexity index is 341. The van der Waals surface area contributed by atoms with Gasteiger partial charge in [-0.25, -0.2) is 13.1 Å². The Hall–Kier alpha value is -0.660. The number of hydrogen-bond donors (Lipinski definition) is 2. The predicted octanol–water partition coefficient (Wildman–Crippen LogP) is 0.232. The molecule has 0 aliphatic carbocycles. The Morgan fingerprint density at radius 3 is 2.50 bits per heavy atom. The number of nitrogens with two attached hydrogens (primary N) is 1. The number of carbonyl (C=O) groups excluding carboxylic acids is 1. The second-order valence-corrected chi connectivity index (χ2v) is 6.54. The van der Waals surface area contributed by atoms with Crippen LogP contribution in [0.3, 0.4) is 0 Å². The topological polar surface area (TPSA) is 98.5 Å². The van der Waals surface area contributed by atoms with Crippen molar-refractivity contribution in [3.8, 4) is 0 Å². The van der Waals surface area contributed by atoms with Crippen LogP contribution in [-0.4, -0.2) is 39.3 Å². The zero-order chi connectivity index (χ0) is 14.2. The molecule has 0 aromatic rings. The van der Waals surface area contributed by atoms with Gasteiger partial charge in [-0.15, -0.1) is 0 Å². The molecule has 6 nitrogen and oxygen atoms in total. The largest absolute Gasteiger partial charge is 0.466 e. The number of carbonyl (C=O) groups is 1. The van der Waals surface area contributed by atoms with Crippen molar-refractivity contribution in [2.45, 2.75) is 39.7 Å². The molecule has 0 aliphatic rings. The van der Waals surface area contributed by atoms with Crippen LogP contribution in [0.25, 0.3) is 0 Å². The molecular weight excluding hydrogens is 256 g/mol. The molecule has 0 aromatic heterocycles. The first-order chi connectivity index (χ1) is 8.26. The summed E-state index contributed by atoms with van der Waals surface area (Å²) in [6.07, 6.45) is 0.614. The van der Waals surface area contributed by atoms with Gasteiger partial charge in [0.25, 0.3) is 0 Å². The van der Waals surface area contributed by atoms with E-state index < -0.39 is 16.0 Å². The Labute approximate surface area is 109 Å². The van der Waals surface area contributed by atoms with Crippen LogP contribution in [-0.2, 0) is 19.6 Å². The Morgan fingerprint density at radius 2 is 2.00 bits per heavy atom. The van der Waals surface area contributed by atoms with Gasteiger partial charge in [-0.1, -0.05) is 13.8 Å². The fraction of sp³-hybridized carbons (Fsp3) is 0.909. The van der Waals surface area contributed by atoms with E-state index in [9.17, 15) is 13.2 Å². The molecule has 0 radical (unpaired) electrons. The van der Waals surface area contributed by atoms with Gasteiger partial charge in [0.2, 0.25) is 10.0 Å². The molecule has 0 saturated carbocycles. The molecule has 0 aromatic carbocycles. The summed E-state index contributed by atoms with van der Waals surface area (Å²) < 4.78 is 30.2. The van der Waals surface area contributed by atoms with E-state index in [1.807, 2.05) is 13.8 Å². The molecule has 0 heterocycles. The second-order valence-electron chi connectivity index (χ2n) is 4.61. The highest BCUT2D eigenvalue weighted by Crippen LogP contribution is 2.02. The highest BCUT2D eigenvalue weighted by atomic mass is 32.2. The van der Waals surface area contributed by atoms with Crippen molar-refractivity contribution < 1.29 is 17.9 Å². The lowest BCUT2D eigenvalue weighted by atomic mass is 10.1. The van der Waals surface area contributed by atoms with Crippen molar-refractivity contribution in [2.75, 3.05) is 18.9 Å². The van der Waals surface area contributed by atoms with Crippen LogP contribution in [0.2, 0.25) is 0 Å². The lowest BCUT2D eigenvalue weighted by molar-refractivity contribution is -0.142. The van der Waals surface area contributed by atoms with Crippen molar-refractivity contribution in [2.24, 2.45) is 11.7 Å². The summed E-state index contributed by atoms with van der Waals surface area (Å²) >= 11 is 0. The molecule has 0 aliphatic heterocycles. The number of nitrogens with one attached hydrogen (secondary N) is 1. The van der Waals surface area contributed by atoms with E-state index in [1.165, 1.54) is 0 Å². The van der Waals surface area contributed by atoms with Crippen LogP contribution in [0, 0.1) is 5.92 Å². The molecule has 0 fully saturated rings. The van der Waals surface area contributed by atoms with Crippen LogP contribution in [0.4, 0.5) is 0 Å². The summed E-state index contributed by atoms with van der Waals surface area (Å²) in [7, 11) is -3.46. The minimum absolute atomic E-state index is 0.136.